The highest BCUT2D eigenvalue weighted by molar-refractivity contribution is 5.37. The Morgan fingerprint density at radius 3 is 2.53 bits per heavy atom. The molecule has 2 rings (SSSR count). The molecule has 3 N–H and O–H groups in total. The third-order valence-electron chi connectivity index (χ3n) is 2.66. The number of anilines is 1. The Kier molecular flexibility index (Phi) is 2.82. The summed E-state index contributed by atoms with van der Waals surface area (Å²) < 4.78 is 1.35. The van der Waals surface area contributed by atoms with Crippen molar-refractivity contribution in [2.24, 2.45) is 0 Å². The van der Waals surface area contributed by atoms with E-state index in [9.17, 15) is 9.59 Å². The fourth-order valence-electron chi connectivity index (χ4n) is 1.61. The van der Waals surface area contributed by atoms with Gasteiger partial charge in [-0.15, -0.1) is 0 Å². The van der Waals surface area contributed by atoms with Gasteiger partial charge in [0.15, 0.2) is 0 Å². The molecular weight excluding hydrogens is 218 g/mol. The van der Waals surface area contributed by atoms with Crippen molar-refractivity contribution >= 4 is 5.82 Å². The predicted molar refractivity (Wildman–Crippen MR) is 66.0 cm³/mol. The second-order valence-corrected chi connectivity index (χ2v) is 3.84. The van der Waals surface area contributed by atoms with E-state index in [0.717, 1.165) is 5.56 Å². The molecule has 5 heteroatoms. The van der Waals surface area contributed by atoms with Crippen LogP contribution in [0.25, 0.3) is 0 Å². The zero-order valence-electron chi connectivity index (χ0n) is 9.43. The molecule has 0 atom stereocenters. The van der Waals surface area contributed by atoms with Crippen LogP contribution in [-0.2, 0) is 6.54 Å². The average molecular weight is 231 g/mol. The molecule has 0 spiro atoms. The Bertz CT molecular complexity index is 641. The lowest BCUT2D eigenvalue weighted by Crippen LogP contribution is -2.33. The summed E-state index contributed by atoms with van der Waals surface area (Å²) in [6, 6.07) is 9.45. The fraction of sp³-hybridized carbons (Fsp3) is 0.167. The van der Waals surface area contributed by atoms with Gasteiger partial charge < -0.3 is 5.73 Å². The minimum atomic E-state index is -0.484. The maximum Gasteiger partial charge on any atom is 0.330 e. The molecule has 88 valence electrons. The van der Waals surface area contributed by atoms with E-state index in [1.54, 1.807) is 6.92 Å². The number of aromatic nitrogens is 2. The molecule has 1 heterocycles. The number of H-pyrrole nitrogens is 1. The standard InChI is InChI=1S/C12H13N3O2/c1-8-10(13)15(12(17)14-11(8)16)7-9-5-3-2-4-6-9/h2-6H,7,13H2,1H3,(H,14,16,17). The van der Waals surface area contributed by atoms with Crippen LogP contribution in [0, 0.1) is 6.92 Å². The molecule has 1 aromatic heterocycles. The van der Waals surface area contributed by atoms with Crippen LogP contribution in [0.1, 0.15) is 11.1 Å². The lowest BCUT2D eigenvalue weighted by atomic mass is 10.2. The molecule has 0 fully saturated rings. The molecule has 0 saturated carbocycles. The van der Waals surface area contributed by atoms with Crippen molar-refractivity contribution in [2.75, 3.05) is 5.73 Å². The summed E-state index contributed by atoms with van der Waals surface area (Å²) in [6.07, 6.45) is 0. The van der Waals surface area contributed by atoms with Gasteiger partial charge >= 0.3 is 5.69 Å². The summed E-state index contributed by atoms with van der Waals surface area (Å²) in [5, 5.41) is 0. The van der Waals surface area contributed by atoms with E-state index < -0.39 is 11.2 Å². The molecule has 0 unspecified atom stereocenters. The molecule has 0 bridgehead atoms. The Morgan fingerprint density at radius 1 is 1.24 bits per heavy atom. The molecule has 5 nitrogen and oxygen atoms in total. The van der Waals surface area contributed by atoms with E-state index in [-0.39, 0.29) is 5.82 Å². The molecular formula is C12H13N3O2. The molecule has 0 aliphatic carbocycles. The lowest BCUT2D eigenvalue weighted by molar-refractivity contribution is 0.726. The summed E-state index contributed by atoms with van der Waals surface area (Å²) in [5.74, 6) is 0.211. The third-order valence-corrected chi connectivity index (χ3v) is 2.66. The quantitative estimate of drug-likeness (QED) is 0.788. The normalized spacial score (nSPS) is 10.4. The van der Waals surface area contributed by atoms with E-state index in [1.807, 2.05) is 30.3 Å². The Hall–Kier alpha value is -2.30. The molecule has 0 aliphatic heterocycles. The van der Waals surface area contributed by atoms with Crippen molar-refractivity contribution in [1.29, 1.82) is 0 Å². The number of nitrogens with one attached hydrogen (secondary N) is 1. The molecule has 0 saturated heterocycles. The first-order valence-corrected chi connectivity index (χ1v) is 5.22. The van der Waals surface area contributed by atoms with Crippen molar-refractivity contribution in [3.8, 4) is 0 Å². The topological polar surface area (TPSA) is 80.9 Å². The highest BCUT2D eigenvalue weighted by Crippen LogP contribution is 2.06. The summed E-state index contributed by atoms with van der Waals surface area (Å²) in [7, 11) is 0. The van der Waals surface area contributed by atoms with Crippen molar-refractivity contribution in [3.63, 3.8) is 0 Å². The van der Waals surface area contributed by atoms with Crippen LogP contribution >= 0.6 is 0 Å². The van der Waals surface area contributed by atoms with Crippen molar-refractivity contribution < 1.29 is 0 Å². The van der Waals surface area contributed by atoms with Crippen molar-refractivity contribution in [2.45, 2.75) is 13.5 Å². The lowest BCUT2D eigenvalue weighted by Gasteiger charge is -2.10. The van der Waals surface area contributed by atoms with Gasteiger partial charge in [-0.25, -0.2) is 4.79 Å². The Morgan fingerprint density at radius 2 is 1.88 bits per heavy atom. The number of nitrogen functional groups attached to an aromatic ring is 1. The van der Waals surface area contributed by atoms with E-state index >= 15 is 0 Å². The van der Waals surface area contributed by atoms with Gasteiger partial charge in [0.25, 0.3) is 5.56 Å². The van der Waals surface area contributed by atoms with Crippen LogP contribution in [0.3, 0.4) is 0 Å². The van der Waals surface area contributed by atoms with E-state index in [2.05, 4.69) is 4.98 Å². The number of hydrogen-bond donors (Lipinski definition) is 2. The van der Waals surface area contributed by atoms with Gasteiger partial charge in [0.1, 0.15) is 5.82 Å². The SMILES string of the molecule is Cc1c(N)n(Cc2ccccc2)c(=O)[nH]c1=O. The van der Waals surface area contributed by atoms with Crippen LogP contribution in [0.4, 0.5) is 5.82 Å². The van der Waals surface area contributed by atoms with E-state index in [1.165, 1.54) is 4.57 Å². The molecule has 2 aromatic rings. The average Bonchev–Trinajstić information content (AvgIpc) is 2.33. The van der Waals surface area contributed by atoms with Gasteiger partial charge in [0.05, 0.1) is 12.1 Å². The minimum Gasteiger partial charge on any atom is -0.385 e. The number of nitrogens with two attached hydrogens (primary N) is 1. The highest BCUT2D eigenvalue weighted by atomic mass is 16.2. The highest BCUT2D eigenvalue weighted by Gasteiger charge is 2.08. The van der Waals surface area contributed by atoms with Crippen LogP contribution in [-0.4, -0.2) is 9.55 Å². The van der Waals surface area contributed by atoms with Crippen LogP contribution in [0.2, 0.25) is 0 Å². The van der Waals surface area contributed by atoms with E-state index in [0.29, 0.717) is 12.1 Å². The Balaban J connectivity index is 2.51. The largest absolute Gasteiger partial charge is 0.385 e. The fourth-order valence-corrected chi connectivity index (χ4v) is 1.61. The molecule has 0 radical (unpaired) electrons. The first kappa shape index (κ1) is 11.2. The van der Waals surface area contributed by atoms with Gasteiger partial charge in [0.2, 0.25) is 0 Å². The first-order valence-electron chi connectivity index (χ1n) is 5.22. The molecule has 17 heavy (non-hydrogen) atoms. The summed E-state index contributed by atoms with van der Waals surface area (Å²) in [6.45, 7) is 1.94. The van der Waals surface area contributed by atoms with Gasteiger partial charge in [-0.1, -0.05) is 30.3 Å². The van der Waals surface area contributed by atoms with Gasteiger partial charge in [-0.3, -0.25) is 14.3 Å². The van der Waals surface area contributed by atoms with Gasteiger partial charge in [-0.05, 0) is 12.5 Å². The zero-order valence-corrected chi connectivity index (χ0v) is 9.43. The van der Waals surface area contributed by atoms with Crippen LogP contribution in [0.15, 0.2) is 39.9 Å². The maximum absolute atomic E-state index is 11.6. The maximum atomic E-state index is 11.6. The third kappa shape index (κ3) is 2.13. The van der Waals surface area contributed by atoms with Crippen LogP contribution < -0.4 is 17.0 Å². The number of hydrogen-bond acceptors (Lipinski definition) is 3. The van der Waals surface area contributed by atoms with E-state index in [4.69, 9.17) is 5.73 Å². The number of nitrogens with zero attached hydrogens (tertiary/aromatic N) is 1. The van der Waals surface area contributed by atoms with Crippen molar-refractivity contribution in [3.05, 3.63) is 62.3 Å². The summed E-state index contributed by atoms with van der Waals surface area (Å²) in [4.78, 5) is 25.2. The monoisotopic (exact) mass is 231 g/mol. The second kappa shape index (κ2) is 4.29. The van der Waals surface area contributed by atoms with Gasteiger partial charge in [0, 0.05) is 0 Å². The molecule has 0 amide bonds. The molecule has 1 aromatic carbocycles. The Labute approximate surface area is 97.5 Å². The zero-order chi connectivity index (χ0) is 12.4. The van der Waals surface area contributed by atoms with Crippen molar-refractivity contribution in [1.82, 2.24) is 9.55 Å². The number of aromatic amines is 1. The molecule has 0 aliphatic rings. The number of benzene rings is 1. The van der Waals surface area contributed by atoms with Crippen LogP contribution in [0.5, 0.6) is 0 Å². The summed E-state index contributed by atoms with van der Waals surface area (Å²) in [5.41, 5.74) is 6.17. The predicted octanol–water partition coefficient (Wildman–Crippen LogP) is 0.476. The van der Waals surface area contributed by atoms with Gasteiger partial charge in [-0.2, -0.15) is 0 Å². The smallest absolute Gasteiger partial charge is 0.330 e. The second-order valence-electron chi connectivity index (χ2n) is 3.84. The number of rotatable bonds is 2. The minimum absolute atomic E-state index is 0.211. The summed E-state index contributed by atoms with van der Waals surface area (Å²) >= 11 is 0. The first-order chi connectivity index (χ1) is 8.09.